The van der Waals surface area contributed by atoms with E-state index >= 15 is 0 Å². The van der Waals surface area contributed by atoms with Crippen LogP contribution in [0.3, 0.4) is 0 Å². The van der Waals surface area contributed by atoms with E-state index in [2.05, 4.69) is 22.7 Å². The minimum Gasteiger partial charge on any atom is -0.444 e. The summed E-state index contributed by atoms with van der Waals surface area (Å²) in [6, 6.07) is 6.18. The molecule has 4 aliphatic rings. The Labute approximate surface area is 233 Å². The fraction of sp³-hybridized carbons (Fsp3) is 0.621. The van der Waals surface area contributed by atoms with Crippen molar-refractivity contribution in [3.05, 3.63) is 35.4 Å². The fourth-order valence-electron chi connectivity index (χ4n) is 5.46. The molecule has 3 heterocycles. The summed E-state index contributed by atoms with van der Waals surface area (Å²) in [5.74, 6) is -1.88. The van der Waals surface area contributed by atoms with Crippen molar-refractivity contribution in [2.75, 3.05) is 19.8 Å². The molecule has 4 atom stereocenters. The van der Waals surface area contributed by atoms with Crippen LogP contribution in [0.2, 0.25) is 0 Å². The van der Waals surface area contributed by atoms with E-state index in [4.69, 9.17) is 14.3 Å². The Hall–Kier alpha value is -3.47. The normalized spacial score (nSPS) is 26.2. The molecule has 3 aliphatic heterocycles. The molecule has 1 aromatic rings. The Morgan fingerprint density at radius 3 is 2.58 bits per heavy atom. The molecule has 0 aromatic heterocycles. The zero-order valence-electron chi connectivity index (χ0n) is 23.1. The van der Waals surface area contributed by atoms with E-state index in [1.807, 2.05) is 31.2 Å². The van der Waals surface area contributed by atoms with Crippen LogP contribution in [0.1, 0.15) is 69.9 Å². The molecule has 3 amide bonds. The highest BCUT2D eigenvalue weighted by Gasteiger charge is 2.55. The Morgan fingerprint density at radius 2 is 1.93 bits per heavy atom. The Balaban J connectivity index is 1.31. The molecule has 0 radical (unpaired) electrons. The van der Waals surface area contributed by atoms with Crippen LogP contribution in [0.15, 0.2) is 29.4 Å². The zero-order valence-corrected chi connectivity index (χ0v) is 23.1. The predicted molar refractivity (Wildman–Crippen MR) is 145 cm³/mol. The Kier molecular flexibility index (Phi) is 8.39. The SMILES string of the molecule is CCC[C@H](NC(=O)[C@@H]1C[C@]2(CC(c3ccc(CC)cc3)=NO2)CN1C(=O)O[C@@H]1CCOC1)C(=O)C(=O)NC1CC1. The van der Waals surface area contributed by atoms with Crippen LogP contribution < -0.4 is 10.6 Å². The number of rotatable bonds is 10. The smallest absolute Gasteiger partial charge is 0.410 e. The van der Waals surface area contributed by atoms with Gasteiger partial charge in [0.25, 0.3) is 5.91 Å². The number of carbonyl (C=O) groups excluding carboxylic acids is 4. The molecule has 5 rings (SSSR count). The summed E-state index contributed by atoms with van der Waals surface area (Å²) < 4.78 is 11.0. The number of hydrogen-bond donors (Lipinski definition) is 2. The molecular formula is C29H38N4O7. The van der Waals surface area contributed by atoms with E-state index < -0.39 is 41.4 Å². The molecule has 11 heteroatoms. The second-order valence-electron chi connectivity index (χ2n) is 11.2. The van der Waals surface area contributed by atoms with Gasteiger partial charge in [0.2, 0.25) is 11.7 Å². The maximum absolute atomic E-state index is 13.6. The molecule has 1 saturated carbocycles. The van der Waals surface area contributed by atoms with Crippen molar-refractivity contribution < 1.29 is 33.5 Å². The van der Waals surface area contributed by atoms with E-state index in [0.29, 0.717) is 38.9 Å². The predicted octanol–water partition coefficient (Wildman–Crippen LogP) is 2.24. The largest absolute Gasteiger partial charge is 0.444 e. The Bertz CT molecular complexity index is 1160. The van der Waals surface area contributed by atoms with E-state index in [9.17, 15) is 19.2 Å². The summed E-state index contributed by atoms with van der Waals surface area (Å²) in [5.41, 5.74) is 1.98. The first-order chi connectivity index (χ1) is 19.3. The lowest BCUT2D eigenvalue weighted by Crippen LogP contribution is -2.53. The van der Waals surface area contributed by atoms with Crippen molar-refractivity contribution in [3.8, 4) is 0 Å². The lowest BCUT2D eigenvalue weighted by molar-refractivity contribution is -0.140. The average molecular weight is 555 g/mol. The van der Waals surface area contributed by atoms with Crippen LogP contribution in [-0.4, -0.2) is 83.9 Å². The number of ether oxygens (including phenoxy) is 2. The number of hydrogen-bond acceptors (Lipinski definition) is 8. The average Bonchev–Trinajstić information content (AvgIpc) is 3.31. The first kappa shape index (κ1) is 28.1. The highest BCUT2D eigenvalue weighted by Crippen LogP contribution is 2.39. The number of benzene rings is 1. The molecular weight excluding hydrogens is 516 g/mol. The van der Waals surface area contributed by atoms with Crippen molar-refractivity contribution in [2.45, 2.75) is 95.0 Å². The summed E-state index contributed by atoms with van der Waals surface area (Å²) in [6.45, 7) is 4.88. The van der Waals surface area contributed by atoms with Crippen molar-refractivity contribution in [2.24, 2.45) is 5.16 Å². The van der Waals surface area contributed by atoms with Gasteiger partial charge in [0, 0.05) is 25.3 Å². The topological polar surface area (TPSA) is 136 Å². The van der Waals surface area contributed by atoms with Crippen LogP contribution in [-0.2, 0) is 35.1 Å². The van der Waals surface area contributed by atoms with Gasteiger partial charge < -0.3 is 24.9 Å². The van der Waals surface area contributed by atoms with Crippen LogP contribution >= 0.6 is 0 Å². The maximum atomic E-state index is 13.6. The first-order valence-corrected chi connectivity index (χ1v) is 14.3. The van der Waals surface area contributed by atoms with E-state index in [-0.39, 0.29) is 25.1 Å². The van der Waals surface area contributed by atoms with Crippen LogP contribution in [0.4, 0.5) is 4.79 Å². The number of aryl methyl sites for hydroxylation is 1. The molecule has 11 nitrogen and oxygen atoms in total. The number of oxime groups is 1. The summed E-state index contributed by atoms with van der Waals surface area (Å²) in [5, 5.41) is 9.80. The lowest BCUT2D eigenvalue weighted by Gasteiger charge is -2.26. The number of nitrogens with one attached hydrogen (secondary N) is 2. The van der Waals surface area contributed by atoms with Gasteiger partial charge in [-0.25, -0.2) is 4.79 Å². The van der Waals surface area contributed by atoms with Crippen molar-refractivity contribution >= 4 is 29.4 Å². The molecule has 40 heavy (non-hydrogen) atoms. The summed E-state index contributed by atoms with van der Waals surface area (Å²) in [4.78, 5) is 59.6. The number of Topliss-reactive ketones (excluding diaryl/α,β-unsaturated/α-hetero) is 1. The van der Waals surface area contributed by atoms with Crippen molar-refractivity contribution in [1.82, 2.24) is 15.5 Å². The minimum atomic E-state index is -0.984. The summed E-state index contributed by atoms with van der Waals surface area (Å²) in [6.07, 6.45) is 3.68. The molecule has 1 aliphatic carbocycles. The maximum Gasteiger partial charge on any atom is 0.410 e. The fourth-order valence-corrected chi connectivity index (χ4v) is 5.46. The monoisotopic (exact) mass is 554 g/mol. The number of nitrogens with zero attached hydrogens (tertiary/aromatic N) is 2. The molecule has 0 bridgehead atoms. The number of ketones is 1. The quantitative estimate of drug-likeness (QED) is 0.424. The molecule has 1 spiro atoms. The highest BCUT2D eigenvalue weighted by molar-refractivity contribution is 6.38. The first-order valence-electron chi connectivity index (χ1n) is 14.3. The minimum absolute atomic E-state index is 0.0285. The lowest BCUT2D eigenvalue weighted by atomic mass is 9.91. The van der Waals surface area contributed by atoms with Crippen LogP contribution in [0.5, 0.6) is 0 Å². The molecule has 3 fully saturated rings. The van der Waals surface area contributed by atoms with Crippen LogP contribution in [0, 0.1) is 0 Å². The van der Waals surface area contributed by atoms with Gasteiger partial charge in [-0.1, -0.05) is 49.7 Å². The van der Waals surface area contributed by atoms with Gasteiger partial charge in [0.1, 0.15) is 12.1 Å². The standard InChI is InChI=1S/C29H38N4O7/c1-3-5-22(25(34)27(36)30-20-10-11-20)31-26(35)24-15-29(17-33(24)28(37)39-21-12-13-38-16-21)14-23(32-40-29)19-8-6-18(4-2)7-9-19/h6-9,20-22,24H,3-5,10-17H2,1-2H3,(H,30,36)(H,31,35)/t21-,22+,24+,29-/m1/s1. The number of carbonyl (C=O) groups is 4. The molecule has 0 unspecified atom stereocenters. The van der Waals surface area contributed by atoms with Gasteiger partial charge in [-0.2, -0.15) is 0 Å². The number of amides is 3. The van der Waals surface area contributed by atoms with E-state index in [0.717, 1.165) is 30.5 Å². The van der Waals surface area contributed by atoms with Crippen molar-refractivity contribution in [3.63, 3.8) is 0 Å². The Morgan fingerprint density at radius 1 is 1.15 bits per heavy atom. The summed E-state index contributed by atoms with van der Waals surface area (Å²) >= 11 is 0. The molecule has 1 aromatic carbocycles. The molecule has 2 saturated heterocycles. The van der Waals surface area contributed by atoms with Gasteiger partial charge in [-0.3, -0.25) is 19.3 Å². The van der Waals surface area contributed by atoms with Gasteiger partial charge in [-0.05, 0) is 36.8 Å². The third kappa shape index (κ3) is 6.29. The van der Waals surface area contributed by atoms with Gasteiger partial charge in [0.05, 0.1) is 31.5 Å². The third-order valence-electron chi connectivity index (χ3n) is 7.97. The van der Waals surface area contributed by atoms with Gasteiger partial charge in [0.15, 0.2) is 5.60 Å². The highest BCUT2D eigenvalue weighted by atomic mass is 16.7. The second-order valence-corrected chi connectivity index (χ2v) is 11.2. The second kappa shape index (κ2) is 12.0. The zero-order chi connectivity index (χ0) is 28.3. The van der Waals surface area contributed by atoms with Gasteiger partial charge in [-0.15, -0.1) is 0 Å². The number of likely N-dealkylation sites (tertiary alicyclic amines) is 1. The third-order valence-corrected chi connectivity index (χ3v) is 7.97. The van der Waals surface area contributed by atoms with Crippen molar-refractivity contribution in [1.29, 1.82) is 0 Å². The van der Waals surface area contributed by atoms with Crippen LogP contribution in [0.25, 0.3) is 0 Å². The van der Waals surface area contributed by atoms with Gasteiger partial charge >= 0.3 is 6.09 Å². The summed E-state index contributed by atoms with van der Waals surface area (Å²) in [7, 11) is 0. The van der Waals surface area contributed by atoms with E-state index in [1.54, 1.807) is 0 Å². The van der Waals surface area contributed by atoms with E-state index in [1.165, 1.54) is 10.5 Å². The molecule has 2 N–H and O–H groups in total. The molecule has 216 valence electrons.